The molecule has 72 valence electrons. The van der Waals surface area contributed by atoms with Crippen LogP contribution in [0.4, 0.5) is 0 Å². The standard InChI is InChI=1S/C10H19ClO/c1-3-10(2,12)8-4-6-9(11)7-5-8/h8-9,12H,3-7H2,1-2H3. The summed E-state index contributed by atoms with van der Waals surface area (Å²) in [6.07, 6.45) is 5.18. The minimum atomic E-state index is -0.461. The van der Waals surface area contributed by atoms with E-state index in [1.54, 1.807) is 0 Å². The lowest BCUT2D eigenvalue weighted by Gasteiger charge is -2.36. The lowest BCUT2D eigenvalue weighted by molar-refractivity contribution is -0.0190. The van der Waals surface area contributed by atoms with Crippen molar-refractivity contribution in [3.8, 4) is 0 Å². The Balaban J connectivity index is 2.44. The maximum absolute atomic E-state index is 9.99. The third kappa shape index (κ3) is 2.37. The van der Waals surface area contributed by atoms with Gasteiger partial charge in [0, 0.05) is 5.38 Å². The molecule has 0 aromatic carbocycles. The second-order valence-corrected chi connectivity index (χ2v) is 4.78. The normalized spacial score (nSPS) is 36.0. The van der Waals surface area contributed by atoms with Crippen molar-refractivity contribution in [1.82, 2.24) is 0 Å². The Morgan fingerprint density at radius 3 is 2.25 bits per heavy atom. The van der Waals surface area contributed by atoms with Gasteiger partial charge in [-0.25, -0.2) is 0 Å². The van der Waals surface area contributed by atoms with Gasteiger partial charge in [-0.1, -0.05) is 6.92 Å². The van der Waals surface area contributed by atoms with Crippen LogP contribution in [0.2, 0.25) is 0 Å². The minimum absolute atomic E-state index is 0.355. The van der Waals surface area contributed by atoms with Crippen LogP contribution in [0.25, 0.3) is 0 Å². The first-order valence-corrected chi connectivity index (χ1v) is 5.36. The van der Waals surface area contributed by atoms with E-state index >= 15 is 0 Å². The van der Waals surface area contributed by atoms with Crippen molar-refractivity contribution in [3.05, 3.63) is 0 Å². The van der Waals surface area contributed by atoms with Crippen molar-refractivity contribution in [2.24, 2.45) is 5.92 Å². The summed E-state index contributed by atoms with van der Waals surface area (Å²) in [6.45, 7) is 4.00. The first-order chi connectivity index (χ1) is 5.56. The van der Waals surface area contributed by atoms with Gasteiger partial charge in [0.15, 0.2) is 0 Å². The number of hydrogen-bond donors (Lipinski definition) is 1. The Bertz CT molecular complexity index is 137. The molecule has 0 aromatic heterocycles. The molecular formula is C10H19ClO. The molecule has 1 fully saturated rings. The van der Waals surface area contributed by atoms with Gasteiger partial charge in [-0.15, -0.1) is 11.6 Å². The SMILES string of the molecule is CCC(C)(O)C1CCC(Cl)CC1. The van der Waals surface area contributed by atoms with Crippen LogP contribution in [-0.4, -0.2) is 16.1 Å². The van der Waals surface area contributed by atoms with Crippen molar-refractivity contribution >= 4 is 11.6 Å². The van der Waals surface area contributed by atoms with E-state index in [9.17, 15) is 5.11 Å². The van der Waals surface area contributed by atoms with E-state index in [1.807, 2.05) is 13.8 Å². The highest BCUT2D eigenvalue weighted by Gasteiger charge is 2.32. The molecule has 0 aliphatic heterocycles. The molecule has 1 aliphatic rings. The second kappa shape index (κ2) is 3.97. The minimum Gasteiger partial charge on any atom is -0.390 e. The Labute approximate surface area is 80.1 Å². The molecule has 1 aliphatic carbocycles. The molecule has 0 aromatic rings. The maximum Gasteiger partial charge on any atom is 0.0645 e. The van der Waals surface area contributed by atoms with Gasteiger partial charge < -0.3 is 5.11 Å². The van der Waals surface area contributed by atoms with Crippen LogP contribution in [0, 0.1) is 5.92 Å². The predicted octanol–water partition coefficient (Wildman–Crippen LogP) is 2.95. The van der Waals surface area contributed by atoms with Gasteiger partial charge in [-0.3, -0.25) is 0 Å². The lowest BCUT2D eigenvalue weighted by Crippen LogP contribution is -2.36. The first kappa shape index (κ1) is 10.3. The van der Waals surface area contributed by atoms with Crippen LogP contribution in [0.5, 0.6) is 0 Å². The number of hydrogen-bond acceptors (Lipinski definition) is 1. The Kier molecular flexibility index (Phi) is 3.42. The molecule has 0 amide bonds. The topological polar surface area (TPSA) is 20.2 Å². The lowest BCUT2D eigenvalue weighted by atomic mass is 9.76. The quantitative estimate of drug-likeness (QED) is 0.664. The van der Waals surface area contributed by atoms with Crippen LogP contribution in [0.15, 0.2) is 0 Å². The van der Waals surface area contributed by atoms with Crippen LogP contribution in [0.3, 0.4) is 0 Å². The van der Waals surface area contributed by atoms with E-state index in [0.717, 1.165) is 32.1 Å². The third-order valence-corrected chi connectivity index (χ3v) is 3.69. The summed E-state index contributed by atoms with van der Waals surface area (Å²) >= 11 is 5.99. The van der Waals surface area contributed by atoms with Gasteiger partial charge in [0.25, 0.3) is 0 Å². The highest BCUT2D eigenvalue weighted by atomic mass is 35.5. The van der Waals surface area contributed by atoms with Crippen molar-refractivity contribution in [3.63, 3.8) is 0 Å². The van der Waals surface area contributed by atoms with Crippen molar-refractivity contribution < 1.29 is 5.11 Å². The highest BCUT2D eigenvalue weighted by Crippen LogP contribution is 2.35. The number of aliphatic hydroxyl groups is 1. The smallest absolute Gasteiger partial charge is 0.0645 e. The molecule has 0 radical (unpaired) electrons. The number of alkyl halides is 1. The Morgan fingerprint density at radius 2 is 1.83 bits per heavy atom. The summed E-state index contributed by atoms with van der Waals surface area (Å²) in [7, 11) is 0. The third-order valence-electron chi connectivity index (χ3n) is 3.25. The van der Waals surface area contributed by atoms with E-state index in [-0.39, 0.29) is 0 Å². The predicted molar refractivity (Wildman–Crippen MR) is 52.5 cm³/mol. The fourth-order valence-electron chi connectivity index (χ4n) is 1.96. The molecule has 0 bridgehead atoms. The molecule has 1 rings (SSSR count). The first-order valence-electron chi connectivity index (χ1n) is 4.92. The monoisotopic (exact) mass is 190 g/mol. The zero-order valence-electron chi connectivity index (χ0n) is 8.02. The molecule has 1 saturated carbocycles. The van der Waals surface area contributed by atoms with Crippen molar-refractivity contribution in [2.75, 3.05) is 0 Å². The largest absolute Gasteiger partial charge is 0.390 e. The molecule has 0 saturated heterocycles. The molecule has 1 unspecified atom stereocenters. The van der Waals surface area contributed by atoms with E-state index < -0.39 is 5.60 Å². The molecule has 1 atom stereocenters. The summed E-state index contributed by atoms with van der Waals surface area (Å²) in [5.74, 6) is 0.470. The number of rotatable bonds is 2. The number of halogens is 1. The van der Waals surface area contributed by atoms with Crippen LogP contribution >= 0.6 is 11.6 Å². The molecule has 2 heteroatoms. The van der Waals surface area contributed by atoms with Gasteiger partial charge in [0.2, 0.25) is 0 Å². The van der Waals surface area contributed by atoms with Crippen molar-refractivity contribution in [2.45, 2.75) is 56.9 Å². The van der Waals surface area contributed by atoms with Gasteiger partial charge in [0.1, 0.15) is 0 Å². The Hall–Kier alpha value is 0.250. The zero-order chi connectivity index (χ0) is 9.19. The second-order valence-electron chi connectivity index (χ2n) is 4.16. The Morgan fingerprint density at radius 1 is 1.33 bits per heavy atom. The fraction of sp³-hybridized carbons (Fsp3) is 1.00. The molecule has 1 nitrogen and oxygen atoms in total. The molecule has 12 heavy (non-hydrogen) atoms. The average Bonchev–Trinajstić information content (AvgIpc) is 2.05. The zero-order valence-corrected chi connectivity index (χ0v) is 8.77. The van der Waals surface area contributed by atoms with E-state index in [0.29, 0.717) is 11.3 Å². The average molecular weight is 191 g/mol. The summed E-state index contributed by atoms with van der Waals surface area (Å²) in [6, 6.07) is 0. The van der Waals surface area contributed by atoms with E-state index in [1.165, 1.54) is 0 Å². The molecule has 0 heterocycles. The van der Waals surface area contributed by atoms with Gasteiger partial charge >= 0.3 is 0 Å². The fourth-order valence-corrected chi connectivity index (χ4v) is 2.22. The van der Waals surface area contributed by atoms with Crippen LogP contribution in [-0.2, 0) is 0 Å². The van der Waals surface area contributed by atoms with Gasteiger partial charge in [-0.2, -0.15) is 0 Å². The molecule has 1 N–H and O–H groups in total. The highest BCUT2D eigenvalue weighted by molar-refractivity contribution is 6.20. The molecular weight excluding hydrogens is 172 g/mol. The summed E-state index contributed by atoms with van der Waals surface area (Å²) in [4.78, 5) is 0. The summed E-state index contributed by atoms with van der Waals surface area (Å²) in [5.41, 5.74) is -0.461. The summed E-state index contributed by atoms with van der Waals surface area (Å²) in [5, 5.41) is 10.3. The van der Waals surface area contributed by atoms with E-state index in [2.05, 4.69) is 0 Å². The molecule has 0 spiro atoms. The maximum atomic E-state index is 9.99. The van der Waals surface area contributed by atoms with Crippen LogP contribution < -0.4 is 0 Å². The van der Waals surface area contributed by atoms with Crippen LogP contribution in [0.1, 0.15) is 46.0 Å². The van der Waals surface area contributed by atoms with Crippen molar-refractivity contribution in [1.29, 1.82) is 0 Å². The van der Waals surface area contributed by atoms with E-state index in [4.69, 9.17) is 11.6 Å². The summed E-state index contributed by atoms with van der Waals surface area (Å²) < 4.78 is 0. The van der Waals surface area contributed by atoms with Gasteiger partial charge in [0.05, 0.1) is 5.60 Å². The van der Waals surface area contributed by atoms with Gasteiger partial charge in [-0.05, 0) is 44.9 Å².